The molecule has 0 saturated carbocycles. The molecule has 0 bridgehead atoms. The first-order chi connectivity index (χ1) is 8.16. The van der Waals surface area contributed by atoms with Crippen molar-refractivity contribution in [3.8, 4) is 0 Å². The Morgan fingerprint density at radius 2 is 1.88 bits per heavy atom. The van der Waals surface area contributed by atoms with E-state index in [9.17, 15) is 0 Å². The van der Waals surface area contributed by atoms with Gasteiger partial charge in [-0.2, -0.15) is 0 Å². The minimum absolute atomic E-state index is 0.0424. The fraction of sp³-hybridized carbons (Fsp3) is 0.154. The third-order valence-electron chi connectivity index (χ3n) is 2.52. The van der Waals surface area contributed by atoms with Crippen LogP contribution in [0.4, 0.5) is 0 Å². The van der Waals surface area contributed by atoms with Gasteiger partial charge in [-0.3, -0.25) is 4.98 Å². The Labute approximate surface area is 118 Å². The Hall–Kier alpha value is -0.710. The van der Waals surface area contributed by atoms with Crippen molar-refractivity contribution in [2.75, 3.05) is 0 Å². The van der Waals surface area contributed by atoms with Gasteiger partial charge in [-0.15, -0.1) is 0 Å². The molecule has 1 atom stereocenters. The van der Waals surface area contributed by atoms with Crippen molar-refractivity contribution >= 4 is 31.9 Å². The van der Waals surface area contributed by atoms with Crippen molar-refractivity contribution in [1.82, 2.24) is 4.98 Å². The van der Waals surface area contributed by atoms with Gasteiger partial charge in [0.15, 0.2) is 0 Å². The Balaban J connectivity index is 2.14. The number of hydrogen-bond acceptors (Lipinski definition) is 2. The van der Waals surface area contributed by atoms with Crippen LogP contribution in [0.25, 0.3) is 0 Å². The SMILES string of the molecule is NC(Cc1ccc(Br)cn1)c1ccccc1Br. The van der Waals surface area contributed by atoms with Crippen LogP contribution >= 0.6 is 31.9 Å². The van der Waals surface area contributed by atoms with Gasteiger partial charge in [0, 0.05) is 33.3 Å². The van der Waals surface area contributed by atoms with Gasteiger partial charge in [0.2, 0.25) is 0 Å². The van der Waals surface area contributed by atoms with E-state index in [0.29, 0.717) is 0 Å². The molecule has 1 aromatic carbocycles. The Morgan fingerprint density at radius 3 is 2.53 bits per heavy atom. The molecule has 0 amide bonds. The second-order valence-electron chi connectivity index (χ2n) is 3.80. The first-order valence-corrected chi connectivity index (χ1v) is 6.86. The molecule has 0 aliphatic heterocycles. The van der Waals surface area contributed by atoms with Gasteiger partial charge >= 0.3 is 0 Å². The minimum atomic E-state index is -0.0424. The first-order valence-electron chi connectivity index (χ1n) is 5.27. The summed E-state index contributed by atoms with van der Waals surface area (Å²) in [5, 5.41) is 0. The molecule has 0 aliphatic carbocycles. The number of nitrogens with zero attached hydrogens (tertiary/aromatic N) is 1. The van der Waals surface area contributed by atoms with Crippen molar-refractivity contribution in [2.45, 2.75) is 12.5 Å². The van der Waals surface area contributed by atoms with Gasteiger partial charge in [0.25, 0.3) is 0 Å². The first kappa shape index (κ1) is 12.7. The van der Waals surface area contributed by atoms with E-state index in [2.05, 4.69) is 36.8 Å². The molecule has 2 nitrogen and oxygen atoms in total. The summed E-state index contributed by atoms with van der Waals surface area (Å²) in [4.78, 5) is 4.33. The Kier molecular flexibility index (Phi) is 4.31. The standard InChI is InChI=1S/C13H12Br2N2/c14-9-5-6-10(17-8-9)7-13(16)11-3-1-2-4-12(11)15/h1-6,8,13H,7,16H2. The quantitative estimate of drug-likeness (QED) is 0.908. The fourth-order valence-corrected chi connectivity index (χ4v) is 2.45. The van der Waals surface area contributed by atoms with Gasteiger partial charge in [-0.1, -0.05) is 34.1 Å². The van der Waals surface area contributed by atoms with Gasteiger partial charge in [-0.25, -0.2) is 0 Å². The van der Waals surface area contributed by atoms with Crippen LogP contribution in [-0.4, -0.2) is 4.98 Å². The maximum absolute atomic E-state index is 6.18. The zero-order valence-corrected chi connectivity index (χ0v) is 12.3. The number of nitrogens with two attached hydrogens (primary N) is 1. The summed E-state index contributed by atoms with van der Waals surface area (Å²) in [7, 11) is 0. The largest absolute Gasteiger partial charge is 0.324 e. The lowest BCUT2D eigenvalue weighted by Crippen LogP contribution is -2.14. The van der Waals surface area contributed by atoms with Crippen molar-refractivity contribution in [3.63, 3.8) is 0 Å². The van der Waals surface area contributed by atoms with E-state index >= 15 is 0 Å². The molecule has 88 valence electrons. The monoisotopic (exact) mass is 354 g/mol. The highest BCUT2D eigenvalue weighted by Crippen LogP contribution is 2.23. The van der Waals surface area contributed by atoms with E-state index in [0.717, 1.165) is 26.6 Å². The number of halogens is 2. The molecule has 1 aromatic heterocycles. The molecular weight excluding hydrogens is 344 g/mol. The van der Waals surface area contributed by atoms with E-state index in [1.165, 1.54) is 0 Å². The molecule has 2 aromatic rings. The maximum atomic E-state index is 6.18. The van der Waals surface area contributed by atoms with E-state index in [-0.39, 0.29) is 6.04 Å². The summed E-state index contributed by atoms with van der Waals surface area (Å²) >= 11 is 6.88. The van der Waals surface area contributed by atoms with Crippen molar-refractivity contribution < 1.29 is 0 Å². The summed E-state index contributed by atoms with van der Waals surface area (Å²) in [6.45, 7) is 0. The van der Waals surface area contributed by atoms with Crippen LogP contribution in [0, 0.1) is 0 Å². The Morgan fingerprint density at radius 1 is 1.12 bits per heavy atom. The molecule has 2 N–H and O–H groups in total. The number of pyridine rings is 1. The number of rotatable bonds is 3. The molecule has 1 unspecified atom stereocenters. The minimum Gasteiger partial charge on any atom is -0.324 e. The average molecular weight is 356 g/mol. The molecule has 17 heavy (non-hydrogen) atoms. The summed E-state index contributed by atoms with van der Waals surface area (Å²) in [6, 6.07) is 11.9. The van der Waals surface area contributed by atoms with Crippen molar-refractivity contribution in [2.24, 2.45) is 5.73 Å². The predicted molar refractivity (Wildman–Crippen MR) is 76.7 cm³/mol. The lowest BCUT2D eigenvalue weighted by atomic mass is 10.0. The number of aromatic nitrogens is 1. The zero-order chi connectivity index (χ0) is 12.3. The highest BCUT2D eigenvalue weighted by Gasteiger charge is 2.10. The zero-order valence-electron chi connectivity index (χ0n) is 9.11. The molecule has 0 saturated heterocycles. The van der Waals surface area contributed by atoms with Crippen LogP contribution in [0.1, 0.15) is 17.3 Å². The third kappa shape index (κ3) is 3.37. The van der Waals surface area contributed by atoms with Gasteiger partial charge in [0.1, 0.15) is 0 Å². The van der Waals surface area contributed by atoms with Gasteiger partial charge in [0.05, 0.1) is 0 Å². The smallest absolute Gasteiger partial charge is 0.0423 e. The summed E-state index contributed by atoms with van der Waals surface area (Å²) in [6.07, 6.45) is 2.53. The van der Waals surface area contributed by atoms with Crippen LogP contribution < -0.4 is 5.73 Å². The van der Waals surface area contributed by atoms with Crippen LogP contribution in [0.15, 0.2) is 51.5 Å². The van der Waals surface area contributed by atoms with Crippen molar-refractivity contribution in [1.29, 1.82) is 0 Å². The number of hydrogen-bond donors (Lipinski definition) is 1. The van der Waals surface area contributed by atoms with Crippen LogP contribution in [0.5, 0.6) is 0 Å². The fourth-order valence-electron chi connectivity index (χ4n) is 1.64. The van der Waals surface area contributed by atoms with E-state index < -0.39 is 0 Å². The van der Waals surface area contributed by atoms with E-state index in [4.69, 9.17) is 5.73 Å². The third-order valence-corrected chi connectivity index (χ3v) is 3.71. The second-order valence-corrected chi connectivity index (χ2v) is 5.57. The lowest BCUT2D eigenvalue weighted by Gasteiger charge is -2.13. The molecule has 0 radical (unpaired) electrons. The lowest BCUT2D eigenvalue weighted by molar-refractivity contribution is 0.703. The Bertz CT molecular complexity index is 497. The number of benzene rings is 1. The highest BCUT2D eigenvalue weighted by atomic mass is 79.9. The summed E-state index contributed by atoms with van der Waals surface area (Å²) in [5.41, 5.74) is 8.29. The average Bonchev–Trinajstić information content (AvgIpc) is 2.32. The molecular formula is C13H12Br2N2. The van der Waals surface area contributed by atoms with Crippen LogP contribution in [0.3, 0.4) is 0 Å². The van der Waals surface area contributed by atoms with E-state index in [1.54, 1.807) is 6.20 Å². The summed E-state index contributed by atoms with van der Waals surface area (Å²) < 4.78 is 2.03. The molecule has 0 fully saturated rings. The van der Waals surface area contributed by atoms with E-state index in [1.807, 2.05) is 36.4 Å². The molecule has 0 aliphatic rings. The summed E-state index contributed by atoms with van der Waals surface area (Å²) in [5.74, 6) is 0. The molecule has 1 heterocycles. The topological polar surface area (TPSA) is 38.9 Å². The maximum Gasteiger partial charge on any atom is 0.0423 e. The van der Waals surface area contributed by atoms with Crippen LogP contribution in [0.2, 0.25) is 0 Å². The molecule has 2 rings (SSSR count). The molecule has 0 spiro atoms. The second kappa shape index (κ2) is 5.76. The normalized spacial score (nSPS) is 12.4. The van der Waals surface area contributed by atoms with Gasteiger partial charge in [-0.05, 0) is 39.7 Å². The highest BCUT2D eigenvalue weighted by molar-refractivity contribution is 9.10. The van der Waals surface area contributed by atoms with Crippen molar-refractivity contribution in [3.05, 3.63) is 62.8 Å². The molecule has 4 heteroatoms. The predicted octanol–water partition coefficient (Wildman–Crippen LogP) is 3.85. The van der Waals surface area contributed by atoms with Crippen LogP contribution in [-0.2, 0) is 6.42 Å². The van der Waals surface area contributed by atoms with Gasteiger partial charge < -0.3 is 5.73 Å².